The molecule has 0 radical (unpaired) electrons. The fourth-order valence-electron chi connectivity index (χ4n) is 2.93. The summed E-state index contributed by atoms with van der Waals surface area (Å²) in [5.41, 5.74) is 3.86. The van der Waals surface area contributed by atoms with Gasteiger partial charge >= 0.3 is 0 Å². The van der Waals surface area contributed by atoms with Crippen molar-refractivity contribution >= 4 is 28.6 Å². The van der Waals surface area contributed by atoms with Crippen LogP contribution in [0.1, 0.15) is 29.8 Å². The largest absolute Gasteiger partial charge is 0.294 e. The molecule has 0 saturated carbocycles. The fourth-order valence-corrected chi connectivity index (χ4v) is 2.93. The van der Waals surface area contributed by atoms with E-state index in [9.17, 15) is 4.79 Å². The van der Waals surface area contributed by atoms with Gasteiger partial charge in [-0.3, -0.25) is 9.79 Å². The molecular formula is C21H21N2O+. The maximum absolute atomic E-state index is 11.7. The van der Waals surface area contributed by atoms with Gasteiger partial charge in [0.2, 0.25) is 5.52 Å². The van der Waals surface area contributed by atoms with E-state index in [1.165, 1.54) is 16.5 Å². The summed E-state index contributed by atoms with van der Waals surface area (Å²) in [6.07, 6.45) is 4.74. The van der Waals surface area contributed by atoms with Gasteiger partial charge in [0.15, 0.2) is 12.0 Å². The van der Waals surface area contributed by atoms with Crippen molar-refractivity contribution in [3.05, 3.63) is 71.9 Å². The van der Waals surface area contributed by atoms with Crippen LogP contribution in [0.4, 0.5) is 5.69 Å². The Morgan fingerprint density at radius 1 is 1.08 bits per heavy atom. The molecule has 0 aliphatic heterocycles. The van der Waals surface area contributed by atoms with Crippen LogP contribution in [-0.4, -0.2) is 12.0 Å². The first-order valence-electron chi connectivity index (χ1n) is 8.23. The number of fused-ring (bicyclic) bond motifs is 1. The minimum Gasteiger partial charge on any atom is -0.294 e. The quantitative estimate of drug-likeness (QED) is 0.392. The van der Waals surface area contributed by atoms with Crippen molar-refractivity contribution in [2.24, 2.45) is 4.99 Å². The molecule has 2 aromatic carbocycles. The molecule has 0 unspecified atom stereocenters. The molecule has 1 aromatic heterocycles. The highest BCUT2D eigenvalue weighted by atomic mass is 16.1. The van der Waals surface area contributed by atoms with Crippen LogP contribution < -0.4 is 4.57 Å². The van der Waals surface area contributed by atoms with Crippen molar-refractivity contribution in [2.45, 2.75) is 26.8 Å². The summed E-state index contributed by atoms with van der Waals surface area (Å²) < 4.78 is 2.24. The number of carbonyl (C=O) groups is 1. The van der Waals surface area contributed by atoms with E-state index < -0.39 is 0 Å². The van der Waals surface area contributed by atoms with Crippen molar-refractivity contribution in [3.63, 3.8) is 0 Å². The predicted octanol–water partition coefficient (Wildman–Crippen LogP) is 4.29. The Labute approximate surface area is 142 Å². The number of hydrogen-bond acceptors (Lipinski definition) is 2. The van der Waals surface area contributed by atoms with E-state index in [4.69, 9.17) is 0 Å². The van der Waals surface area contributed by atoms with Gasteiger partial charge in [0.05, 0.1) is 5.69 Å². The van der Waals surface area contributed by atoms with Crippen LogP contribution in [0.15, 0.2) is 65.8 Å². The lowest BCUT2D eigenvalue weighted by atomic mass is 10.1. The highest BCUT2D eigenvalue weighted by molar-refractivity contribution is 5.99. The Morgan fingerprint density at radius 2 is 1.83 bits per heavy atom. The standard InChI is InChI=1S/C21H21N2O/c1-3-23-15-13-17(19-9-5-7-11-21(19)23)12-14-22-20-10-6-4-8-18(20)16(2)24/h4-11,13-15H,3,12H2,1-2H3/q+1. The zero-order valence-electron chi connectivity index (χ0n) is 14.1. The Balaban J connectivity index is 1.91. The van der Waals surface area contributed by atoms with Gasteiger partial charge in [-0.15, -0.1) is 0 Å². The number of hydrogen-bond donors (Lipinski definition) is 0. The molecule has 3 rings (SSSR count). The molecule has 24 heavy (non-hydrogen) atoms. The number of aryl methyl sites for hydroxylation is 1. The second-order valence-corrected chi connectivity index (χ2v) is 5.73. The summed E-state index contributed by atoms with van der Waals surface area (Å²) in [4.78, 5) is 16.2. The molecule has 3 nitrogen and oxygen atoms in total. The SMILES string of the molecule is CC[n+]1ccc(CC=Nc2ccccc2C(C)=O)c2ccccc21. The third-order valence-electron chi connectivity index (χ3n) is 4.18. The van der Waals surface area contributed by atoms with E-state index >= 15 is 0 Å². The Hall–Kier alpha value is -2.81. The van der Waals surface area contributed by atoms with Gasteiger partial charge in [-0.1, -0.05) is 24.3 Å². The lowest BCUT2D eigenvalue weighted by Gasteiger charge is -2.04. The zero-order valence-corrected chi connectivity index (χ0v) is 14.1. The van der Waals surface area contributed by atoms with Crippen molar-refractivity contribution in [1.29, 1.82) is 0 Å². The van der Waals surface area contributed by atoms with E-state index in [-0.39, 0.29) is 5.78 Å². The molecule has 3 heteroatoms. The van der Waals surface area contributed by atoms with E-state index in [2.05, 4.69) is 53.0 Å². The summed E-state index contributed by atoms with van der Waals surface area (Å²) in [6.45, 7) is 4.66. The van der Waals surface area contributed by atoms with Crippen molar-refractivity contribution in [2.75, 3.05) is 0 Å². The number of para-hydroxylation sites is 2. The van der Waals surface area contributed by atoms with Crippen LogP contribution in [-0.2, 0) is 13.0 Å². The van der Waals surface area contributed by atoms with Crippen LogP contribution in [0.3, 0.4) is 0 Å². The average Bonchev–Trinajstić information content (AvgIpc) is 2.62. The molecule has 3 aromatic rings. The molecule has 0 atom stereocenters. The summed E-state index contributed by atoms with van der Waals surface area (Å²) in [5.74, 6) is 0.0388. The van der Waals surface area contributed by atoms with Gasteiger partial charge in [-0.2, -0.15) is 4.57 Å². The Kier molecular flexibility index (Phi) is 4.80. The number of ketones is 1. The number of aromatic nitrogens is 1. The highest BCUT2D eigenvalue weighted by Crippen LogP contribution is 2.20. The molecule has 1 heterocycles. The Morgan fingerprint density at radius 3 is 2.62 bits per heavy atom. The van der Waals surface area contributed by atoms with Crippen LogP contribution in [0.5, 0.6) is 0 Å². The number of carbonyl (C=O) groups excluding carboxylic acids is 1. The van der Waals surface area contributed by atoms with Crippen LogP contribution in [0, 0.1) is 0 Å². The molecule has 0 spiro atoms. The third kappa shape index (κ3) is 3.25. The first-order valence-corrected chi connectivity index (χ1v) is 8.23. The monoisotopic (exact) mass is 317 g/mol. The molecule has 0 aliphatic carbocycles. The molecule has 0 fully saturated rings. The minimum atomic E-state index is 0.0388. The topological polar surface area (TPSA) is 33.3 Å². The van der Waals surface area contributed by atoms with Crippen LogP contribution >= 0.6 is 0 Å². The summed E-state index contributed by atoms with van der Waals surface area (Å²) in [6, 6.07) is 18.0. The predicted molar refractivity (Wildman–Crippen MR) is 98.1 cm³/mol. The van der Waals surface area contributed by atoms with Gasteiger partial charge in [-0.25, -0.2) is 0 Å². The summed E-state index contributed by atoms with van der Waals surface area (Å²) >= 11 is 0. The van der Waals surface area contributed by atoms with E-state index in [0.29, 0.717) is 5.56 Å². The first-order chi connectivity index (χ1) is 11.7. The third-order valence-corrected chi connectivity index (χ3v) is 4.18. The van der Waals surface area contributed by atoms with Crippen LogP contribution in [0.25, 0.3) is 10.9 Å². The Bertz CT molecular complexity index is 913. The van der Waals surface area contributed by atoms with Crippen molar-refractivity contribution < 1.29 is 9.36 Å². The summed E-state index contributed by atoms with van der Waals surface area (Å²) in [7, 11) is 0. The molecule has 0 bridgehead atoms. The van der Waals surface area contributed by atoms with Gasteiger partial charge < -0.3 is 0 Å². The van der Waals surface area contributed by atoms with Gasteiger partial charge in [0.25, 0.3) is 0 Å². The molecule has 0 N–H and O–H groups in total. The zero-order chi connectivity index (χ0) is 16.9. The second-order valence-electron chi connectivity index (χ2n) is 5.73. The van der Waals surface area contributed by atoms with Gasteiger partial charge in [0, 0.05) is 35.7 Å². The van der Waals surface area contributed by atoms with E-state index in [0.717, 1.165) is 18.7 Å². The lowest BCUT2D eigenvalue weighted by molar-refractivity contribution is -0.667. The van der Waals surface area contributed by atoms with Crippen molar-refractivity contribution in [1.82, 2.24) is 0 Å². The number of nitrogens with zero attached hydrogens (tertiary/aromatic N) is 2. The number of pyridine rings is 1. The first kappa shape index (κ1) is 16.1. The van der Waals surface area contributed by atoms with Gasteiger partial charge in [-0.05, 0) is 37.6 Å². The molecule has 0 amide bonds. The number of aliphatic imine (C=N–C) groups is 1. The second kappa shape index (κ2) is 7.18. The average molecular weight is 317 g/mol. The van der Waals surface area contributed by atoms with Crippen LogP contribution in [0.2, 0.25) is 0 Å². The maximum atomic E-state index is 11.7. The van der Waals surface area contributed by atoms with Crippen molar-refractivity contribution in [3.8, 4) is 0 Å². The molecule has 0 saturated heterocycles. The molecule has 120 valence electrons. The van der Waals surface area contributed by atoms with E-state index in [1.807, 2.05) is 30.5 Å². The minimum absolute atomic E-state index is 0.0388. The normalized spacial score (nSPS) is 11.2. The number of Topliss-reactive ketones (excluding diaryl/α,β-unsaturated/α-hetero) is 1. The number of benzene rings is 2. The number of rotatable bonds is 5. The molecular weight excluding hydrogens is 296 g/mol. The molecule has 0 aliphatic rings. The van der Waals surface area contributed by atoms with Gasteiger partial charge in [0.1, 0.15) is 6.54 Å². The lowest BCUT2D eigenvalue weighted by Crippen LogP contribution is -2.32. The summed E-state index contributed by atoms with van der Waals surface area (Å²) in [5, 5.41) is 1.24. The van der Waals surface area contributed by atoms with E-state index in [1.54, 1.807) is 6.92 Å². The maximum Gasteiger partial charge on any atom is 0.212 e. The highest BCUT2D eigenvalue weighted by Gasteiger charge is 2.10. The smallest absolute Gasteiger partial charge is 0.212 e. The fraction of sp³-hybridized carbons (Fsp3) is 0.190.